The van der Waals surface area contributed by atoms with Crippen molar-refractivity contribution in [1.82, 2.24) is 10.5 Å². The Hall–Kier alpha value is -3.84. The standard InChI is InChI=1S/C22H20N2O5/c1-27-24-20(15-28-18-8-4-6-16(12-18)13-22(25)26)17-7-5-9-19(14-17)29-21-10-2-3-11-23-21/h2-12,14-15,24H,13H2,1H3,(H,25,26). The van der Waals surface area contributed by atoms with E-state index in [1.165, 1.54) is 13.4 Å². The highest BCUT2D eigenvalue weighted by Crippen LogP contribution is 2.24. The Balaban J connectivity index is 1.78. The molecule has 0 aliphatic heterocycles. The van der Waals surface area contributed by atoms with Gasteiger partial charge in [0.25, 0.3) is 0 Å². The molecular weight excluding hydrogens is 372 g/mol. The molecule has 7 nitrogen and oxygen atoms in total. The van der Waals surface area contributed by atoms with Crippen LogP contribution in [0.3, 0.4) is 0 Å². The predicted molar refractivity (Wildman–Crippen MR) is 107 cm³/mol. The molecule has 7 heteroatoms. The van der Waals surface area contributed by atoms with Gasteiger partial charge in [-0.1, -0.05) is 30.3 Å². The smallest absolute Gasteiger partial charge is 0.307 e. The lowest BCUT2D eigenvalue weighted by atomic mass is 10.1. The molecular formula is C22H20N2O5. The van der Waals surface area contributed by atoms with Gasteiger partial charge in [0, 0.05) is 17.8 Å². The Kier molecular flexibility index (Phi) is 6.80. The summed E-state index contributed by atoms with van der Waals surface area (Å²) in [6.07, 6.45) is 3.07. The summed E-state index contributed by atoms with van der Waals surface area (Å²) in [6.45, 7) is 0. The number of carboxylic acid groups (broad SMARTS) is 1. The first-order valence-corrected chi connectivity index (χ1v) is 8.80. The zero-order valence-electron chi connectivity index (χ0n) is 15.7. The summed E-state index contributed by atoms with van der Waals surface area (Å²) < 4.78 is 11.5. The van der Waals surface area contributed by atoms with Crippen LogP contribution < -0.4 is 15.0 Å². The highest BCUT2D eigenvalue weighted by Gasteiger charge is 2.07. The maximum Gasteiger partial charge on any atom is 0.307 e. The molecule has 148 valence electrons. The van der Waals surface area contributed by atoms with E-state index in [4.69, 9.17) is 19.4 Å². The van der Waals surface area contributed by atoms with Crippen molar-refractivity contribution in [1.29, 1.82) is 0 Å². The Morgan fingerprint density at radius 2 is 1.90 bits per heavy atom. The quantitative estimate of drug-likeness (QED) is 0.420. The fourth-order valence-electron chi connectivity index (χ4n) is 2.55. The number of hydrogen-bond acceptors (Lipinski definition) is 6. The topological polar surface area (TPSA) is 89.9 Å². The van der Waals surface area contributed by atoms with Gasteiger partial charge < -0.3 is 14.6 Å². The second-order valence-corrected chi connectivity index (χ2v) is 5.97. The summed E-state index contributed by atoms with van der Waals surface area (Å²) in [5.41, 5.74) is 4.75. The number of hydroxylamine groups is 1. The van der Waals surface area contributed by atoms with Crippen molar-refractivity contribution in [2.45, 2.75) is 6.42 Å². The molecule has 0 aliphatic rings. The Morgan fingerprint density at radius 3 is 2.66 bits per heavy atom. The van der Waals surface area contributed by atoms with Crippen LogP contribution in [0.25, 0.3) is 5.70 Å². The van der Waals surface area contributed by atoms with E-state index in [0.29, 0.717) is 28.6 Å². The van der Waals surface area contributed by atoms with Crippen molar-refractivity contribution in [3.63, 3.8) is 0 Å². The highest BCUT2D eigenvalue weighted by atomic mass is 16.6. The molecule has 1 aromatic heterocycles. The average Bonchev–Trinajstić information content (AvgIpc) is 2.72. The van der Waals surface area contributed by atoms with Gasteiger partial charge in [0.2, 0.25) is 5.88 Å². The number of benzene rings is 2. The number of rotatable bonds is 9. The number of nitrogens with zero attached hydrogens (tertiary/aromatic N) is 1. The van der Waals surface area contributed by atoms with Crippen LogP contribution in [0.1, 0.15) is 11.1 Å². The molecule has 0 saturated carbocycles. The predicted octanol–water partition coefficient (Wildman–Crippen LogP) is 4.03. The van der Waals surface area contributed by atoms with Gasteiger partial charge in [-0.15, -0.1) is 0 Å². The highest BCUT2D eigenvalue weighted by molar-refractivity contribution is 5.70. The SMILES string of the molecule is CONC(=COc1cccc(CC(=O)O)c1)c1cccc(Oc2ccccn2)c1. The van der Waals surface area contributed by atoms with Crippen molar-refractivity contribution >= 4 is 11.7 Å². The van der Waals surface area contributed by atoms with Gasteiger partial charge >= 0.3 is 5.97 Å². The number of pyridine rings is 1. The third-order valence-corrected chi connectivity index (χ3v) is 3.78. The maximum atomic E-state index is 10.9. The summed E-state index contributed by atoms with van der Waals surface area (Å²) in [5, 5.41) is 8.93. The molecule has 0 bridgehead atoms. The van der Waals surface area contributed by atoms with Crippen molar-refractivity contribution in [2.24, 2.45) is 0 Å². The van der Waals surface area contributed by atoms with Gasteiger partial charge in [0.1, 0.15) is 23.5 Å². The van der Waals surface area contributed by atoms with Gasteiger partial charge in [0.05, 0.1) is 13.5 Å². The minimum absolute atomic E-state index is 0.0724. The number of nitrogens with one attached hydrogen (secondary N) is 1. The van der Waals surface area contributed by atoms with Gasteiger partial charge in [-0.05, 0) is 35.9 Å². The van der Waals surface area contributed by atoms with Crippen molar-refractivity contribution in [3.05, 3.63) is 90.3 Å². The molecule has 29 heavy (non-hydrogen) atoms. The molecule has 0 aliphatic carbocycles. The number of ether oxygens (including phenoxy) is 2. The third-order valence-electron chi connectivity index (χ3n) is 3.78. The molecule has 3 aromatic rings. The maximum absolute atomic E-state index is 10.9. The fraction of sp³-hybridized carbons (Fsp3) is 0.0909. The molecule has 2 aromatic carbocycles. The number of aromatic nitrogens is 1. The van der Waals surface area contributed by atoms with Gasteiger partial charge in [-0.25, -0.2) is 4.98 Å². The van der Waals surface area contributed by atoms with Crippen LogP contribution in [0, 0.1) is 0 Å². The normalized spacial score (nSPS) is 11.0. The molecule has 0 saturated heterocycles. The Bertz CT molecular complexity index is 989. The summed E-state index contributed by atoms with van der Waals surface area (Å²) in [6, 6.07) is 19.7. The van der Waals surface area contributed by atoms with Crippen LogP contribution in [0.15, 0.2) is 79.2 Å². The summed E-state index contributed by atoms with van der Waals surface area (Å²) in [5.74, 6) is 0.707. The number of hydrogen-bond donors (Lipinski definition) is 2. The van der Waals surface area contributed by atoms with Crippen LogP contribution >= 0.6 is 0 Å². The van der Waals surface area contributed by atoms with Crippen molar-refractivity contribution in [3.8, 4) is 17.4 Å². The Labute approximate surface area is 168 Å². The van der Waals surface area contributed by atoms with E-state index in [1.54, 1.807) is 36.5 Å². The Morgan fingerprint density at radius 1 is 1.07 bits per heavy atom. The monoisotopic (exact) mass is 392 g/mol. The number of aliphatic carboxylic acids is 1. The van der Waals surface area contributed by atoms with Crippen LogP contribution in [0.2, 0.25) is 0 Å². The molecule has 2 N–H and O–H groups in total. The molecule has 0 fully saturated rings. The molecule has 0 unspecified atom stereocenters. The first-order valence-electron chi connectivity index (χ1n) is 8.80. The van der Waals surface area contributed by atoms with Crippen LogP contribution in [-0.2, 0) is 16.1 Å². The number of carbonyl (C=O) groups is 1. The molecule has 0 atom stereocenters. The first kappa shape index (κ1) is 19.9. The third kappa shape index (κ3) is 6.08. The average molecular weight is 392 g/mol. The van der Waals surface area contributed by atoms with Crippen molar-refractivity contribution in [2.75, 3.05) is 7.11 Å². The van der Waals surface area contributed by atoms with Gasteiger partial charge in [-0.2, -0.15) is 0 Å². The van der Waals surface area contributed by atoms with Gasteiger partial charge in [0.15, 0.2) is 0 Å². The number of carboxylic acids is 1. The van der Waals surface area contributed by atoms with Crippen molar-refractivity contribution < 1.29 is 24.2 Å². The molecule has 0 radical (unpaired) electrons. The first-order chi connectivity index (χ1) is 14.1. The van der Waals surface area contributed by atoms with E-state index in [1.807, 2.05) is 36.4 Å². The lowest BCUT2D eigenvalue weighted by molar-refractivity contribution is -0.136. The largest absolute Gasteiger partial charge is 0.481 e. The van der Waals surface area contributed by atoms with Crippen LogP contribution in [-0.4, -0.2) is 23.2 Å². The molecule has 0 amide bonds. The zero-order chi connectivity index (χ0) is 20.5. The minimum Gasteiger partial charge on any atom is -0.481 e. The van der Waals surface area contributed by atoms with Crippen LogP contribution in [0.4, 0.5) is 0 Å². The van der Waals surface area contributed by atoms with E-state index >= 15 is 0 Å². The molecule has 0 spiro atoms. The van der Waals surface area contributed by atoms with E-state index < -0.39 is 5.97 Å². The van der Waals surface area contributed by atoms with E-state index in [9.17, 15) is 4.79 Å². The van der Waals surface area contributed by atoms with Crippen LogP contribution in [0.5, 0.6) is 17.4 Å². The van der Waals surface area contributed by atoms with E-state index in [-0.39, 0.29) is 6.42 Å². The molecule has 1 heterocycles. The summed E-state index contributed by atoms with van der Waals surface area (Å²) >= 11 is 0. The minimum atomic E-state index is -0.899. The second kappa shape index (κ2) is 9.91. The summed E-state index contributed by atoms with van der Waals surface area (Å²) in [4.78, 5) is 20.1. The molecule has 3 rings (SSSR count). The lowest BCUT2D eigenvalue weighted by Crippen LogP contribution is -2.11. The lowest BCUT2D eigenvalue weighted by Gasteiger charge is -2.12. The van der Waals surface area contributed by atoms with E-state index in [0.717, 1.165) is 5.56 Å². The van der Waals surface area contributed by atoms with E-state index in [2.05, 4.69) is 10.5 Å². The second-order valence-electron chi connectivity index (χ2n) is 5.97. The fourth-order valence-corrected chi connectivity index (χ4v) is 2.55. The zero-order valence-corrected chi connectivity index (χ0v) is 15.7. The summed E-state index contributed by atoms with van der Waals surface area (Å²) in [7, 11) is 1.50. The van der Waals surface area contributed by atoms with Gasteiger partial charge in [-0.3, -0.25) is 15.1 Å².